The number of fused-ring (bicyclic) bond motifs is 5. The SMILES string of the molecule is CC(=O)[C@H]1CCC2C3CCC4C[C@](O)(C#CCBr)CC[C@]4(C)C3CC[C@@]21C. The number of carbonyl (C=O) groups is 1. The zero-order valence-electron chi connectivity index (χ0n) is 17.2. The maximum absolute atomic E-state index is 12.3. The molecule has 0 aromatic rings. The van der Waals surface area contributed by atoms with E-state index in [4.69, 9.17) is 0 Å². The summed E-state index contributed by atoms with van der Waals surface area (Å²) in [6.45, 7) is 6.77. The van der Waals surface area contributed by atoms with Gasteiger partial charge in [-0.25, -0.2) is 0 Å². The van der Waals surface area contributed by atoms with Crippen LogP contribution in [0, 0.1) is 52.3 Å². The minimum absolute atomic E-state index is 0.243. The van der Waals surface area contributed by atoms with Gasteiger partial charge in [-0.05, 0) is 99.2 Å². The van der Waals surface area contributed by atoms with E-state index in [1.807, 2.05) is 6.92 Å². The van der Waals surface area contributed by atoms with E-state index in [0.717, 1.165) is 43.4 Å². The van der Waals surface area contributed by atoms with Gasteiger partial charge in [0.05, 0.1) is 5.33 Å². The lowest BCUT2D eigenvalue weighted by Gasteiger charge is -2.61. The average Bonchev–Trinajstić information content (AvgIpc) is 2.98. The van der Waals surface area contributed by atoms with Gasteiger partial charge < -0.3 is 5.11 Å². The predicted octanol–water partition coefficient (Wildman–Crippen LogP) is 5.36. The van der Waals surface area contributed by atoms with E-state index in [1.165, 1.54) is 32.1 Å². The molecule has 0 aromatic heterocycles. The van der Waals surface area contributed by atoms with Crippen molar-refractivity contribution in [3.8, 4) is 11.8 Å². The van der Waals surface area contributed by atoms with E-state index >= 15 is 0 Å². The molecular weight excluding hydrogens is 400 g/mol. The average molecular weight is 435 g/mol. The number of Topliss-reactive ketones (excluding diaryl/α,β-unsaturated/α-hetero) is 1. The first-order valence-corrected chi connectivity index (χ1v) is 12.1. The van der Waals surface area contributed by atoms with Crippen molar-refractivity contribution in [1.29, 1.82) is 0 Å². The lowest BCUT2D eigenvalue weighted by molar-refractivity contribution is -0.144. The van der Waals surface area contributed by atoms with Crippen LogP contribution in [-0.4, -0.2) is 21.8 Å². The highest BCUT2D eigenvalue weighted by Crippen LogP contribution is 2.68. The number of ketones is 1. The van der Waals surface area contributed by atoms with Crippen LogP contribution in [0.5, 0.6) is 0 Å². The number of halogens is 1. The van der Waals surface area contributed by atoms with Crippen LogP contribution < -0.4 is 0 Å². The van der Waals surface area contributed by atoms with E-state index in [9.17, 15) is 9.90 Å². The van der Waals surface area contributed by atoms with Gasteiger partial charge >= 0.3 is 0 Å². The third-order valence-electron chi connectivity index (χ3n) is 9.61. The number of alkyl halides is 1. The molecule has 0 saturated heterocycles. The second-order valence-electron chi connectivity index (χ2n) is 10.6. The maximum atomic E-state index is 12.3. The van der Waals surface area contributed by atoms with Gasteiger partial charge in [-0.15, -0.1) is 0 Å². The van der Waals surface area contributed by atoms with E-state index in [1.54, 1.807) is 0 Å². The molecule has 3 heteroatoms. The summed E-state index contributed by atoms with van der Waals surface area (Å²) in [6, 6.07) is 0. The molecule has 0 bridgehead atoms. The van der Waals surface area contributed by atoms with Gasteiger partial charge in [0, 0.05) is 5.92 Å². The van der Waals surface area contributed by atoms with Gasteiger partial charge in [0.2, 0.25) is 0 Å². The summed E-state index contributed by atoms with van der Waals surface area (Å²) in [5.41, 5.74) is -0.186. The molecule has 8 atom stereocenters. The number of aliphatic hydroxyl groups is 1. The molecule has 0 aliphatic heterocycles. The first-order valence-electron chi connectivity index (χ1n) is 11.0. The van der Waals surface area contributed by atoms with Crippen LogP contribution in [0.4, 0.5) is 0 Å². The Bertz CT molecular complexity index is 678. The van der Waals surface area contributed by atoms with Crippen molar-refractivity contribution in [2.24, 2.45) is 40.4 Å². The standard InChI is InChI=1S/C24H35BrO2/c1-16(26)19-7-8-20-18-6-5-17-15-24(27,10-4-14-25)13-12-22(17,2)21(18)9-11-23(19,20)3/h17-21,27H,5-9,11-15H2,1-3H3/t17?,18?,19-,20?,21?,22+,23-,24+/m1/s1. The quantitative estimate of drug-likeness (QED) is 0.445. The fraction of sp³-hybridized carbons (Fsp3) is 0.875. The summed E-state index contributed by atoms with van der Waals surface area (Å²) in [5, 5.41) is 11.6. The molecule has 2 nitrogen and oxygen atoms in total. The van der Waals surface area contributed by atoms with E-state index in [0.29, 0.717) is 28.4 Å². The molecular formula is C24H35BrO2. The van der Waals surface area contributed by atoms with Crippen LogP contribution in [0.3, 0.4) is 0 Å². The Labute approximate surface area is 173 Å². The van der Waals surface area contributed by atoms with Gasteiger partial charge in [-0.1, -0.05) is 41.6 Å². The molecule has 4 fully saturated rings. The second kappa shape index (κ2) is 6.88. The zero-order chi connectivity index (χ0) is 19.4. The third-order valence-corrected chi connectivity index (χ3v) is 9.89. The van der Waals surface area contributed by atoms with Crippen molar-refractivity contribution in [1.82, 2.24) is 0 Å². The van der Waals surface area contributed by atoms with Crippen molar-refractivity contribution >= 4 is 21.7 Å². The Kier molecular flexibility index (Phi) is 5.08. The summed E-state index contributed by atoms with van der Waals surface area (Å²) in [4.78, 5) is 12.3. The molecule has 4 unspecified atom stereocenters. The maximum Gasteiger partial charge on any atom is 0.133 e. The molecule has 0 amide bonds. The molecule has 4 aliphatic carbocycles. The van der Waals surface area contributed by atoms with Crippen molar-refractivity contribution < 1.29 is 9.90 Å². The van der Waals surface area contributed by atoms with Crippen LogP contribution in [0.15, 0.2) is 0 Å². The molecule has 0 aromatic carbocycles. The fourth-order valence-electron chi connectivity index (χ4n) is 8.22. The summed E-state index contributed by atoms with van der Waals surface area (Å²) >= 11 is 3.36. The van der Waals surface area contributed by atoms with E-state index in [-0.39, 0.29) is 5.41 Å². The monoisotopic (exact) mass is 434 g/mol. The smallest absolute Gasteiger partial charge is 0.133 e. The molecule has 4 saturated carbocycles. The van der Waals surface area contributed by atoms with Crippen LogP contribution in [0.25, 0.3) is 0 Å². The van der Waals surface area contributed by atoms with Crippen molar-refractivity contribution in [3.05, 3.63) is 0 Å². The third kappa shape index (κ3) is 3.05. The topological polar surface area (TPSA) is 37.3 Å². The molecule has 0 spiro atoms. The van der Waals surface area contributed by atoms with Gasteiger partial charge in [-0.2, -0.15) is 0 Å². The number of hydrogen-bond donors (Lipinski definition) is 1. The first kappa shape index (κ1) is 20.0. The molecule has 0 radical (unpaired) electrons. The predicted molar refractivity (Wildman–Crippen MR) is 112 cm³/mol. The van der Waals surface area contributed by atoms with Crippen molar-refractivity contribution in [2.75, 3.05) is 5.33 Å². The molecule has 1 N–H and O–H groups in total. The van der Waals surface area contributed by atoms with Crippen LogP contribution in [0.2, 0.25) is 0 Å². The number of carbonyl (C=O) groups excluding carboxylic acids is 1. The largest absolute Gasteiger partial charge is 0.378 e. The molecule has 150 valence electrons. The Hall–Kier alpha value is -0.330. The normalized spacial score (nSPS) is 51.4. The number of rotatable bonds is 1. The molecule has 4 aliphatic rings. The van der Waals surface area contributed by atoms with Gasteiger partial charge in [0.15, 0.2) is 0 Å². The van der Waals surface area contributed by atoms with Gasteiger partial charge in [0.1, 0.15) is 11.4 Å². The summed E-state index contributed by atoms with van der Waals surface area (Å²) < 4.78 is 0. The zero-order valence-corrected chi connectivity index (χ0v) is 18.8. The van der Waals surface area contributed by atoms with Crippen molar-refractivity contribution in [3.63, 3.8) is 0 Å². The lowest BCUT2D eigenvalue weighted by Crippen LogP contribution is -2.56. The van der Waals surface area contributed by atoms with E-state index < -0.39 is 5.60 Å². The van der Waals surface area contributed by atoms with Crippen LogP contribution in [0.1, 0.15) is 78.6 Å². The second-order valence-corrected chi connectivity index (χ2v) is 11.2. The Morgan fingerprint density at radius 3 is 2.48 bits per heavy atom. The summed E-state index contributed by atoms with van der Waals surface area (Å²) in [6.07, 6.45) is 10.2. The lowest BCUT2D eigenvalue weighted by atomic mass is 9.44. The molecule has 0 heterocycles. The molecule has 4 rings (SSSR count). The highest BCUT2D eigenvalue weighted by Gasteiger charge is 2.61. The van der Waals surface area contributed by atoms with E-state index in [2.05, 4.69) is 41.6 Å². The summed E-state index contributed by atoms with van der Waals surface area (Å²) in [5.74, 6) is 9.81. The van der Waals surface area contributed by atoms with Crippen LogP contribution in [-0.2, 0) is 4.79 Å². The Morgan fingerprint density at radius 2 is 1.78 bits per heavy atom. The van der Waals surface area contributed by atoms with Crippen LogP contribution >= 0.6 is 15.9 Å². The molecule has 27 heavy (non-hydrogen) atoms. The number of hydrogen-bond acceptors (Lipinski definition) is 2. The Balaban J connectivity index is 1.57. The fourth-order valence-corrected chi connectivity index (χ4v) is 8.36. The minimum Gasteiger partial charge on any atom is -0.378 e. The van der Waals surface area contributed by atoms with Crippen molar-refractivity contribution in [2.45, 2.75) is 84.2 Å². The summed E-state index contributed by atoms with van der Waals surface area (Å²) in [7, 11) is 0. The van der Waals surface area contributed by atoms with Gasteiger partial charge in [-0.3, -0.25) is 4.79 Å². The highest BCUT2D eigenvalue weighted by atomic mass is 79.9. The first-order chi connectivity index (χ1) is 12.7. The Morgan fingerprint density at radius 1 is 1.04 bits per heavy atom. The minimum atomic E-state index is -0.777. The highest BCUT2D eigenvalue weighted by molar-refractivity contribution is 9.09. The van der Waals surface area contributed by atoms with Gasteiger partial charge in [0.25, 0.3) is 0 Å².